The van der Waals surface area contributed by atoms with Crippen LogP contribution < -0.4 is 15.8 Å². The molecule has 1 aromatic heterocycles. The summed E-state index contributed by atoms with van der Waals surface area (Å²) in [6.45, 7) is 3.91. The van der Waals surface area contributed by atoms with E-state index in [0.717, 1.165) is 17.1 Å². The molecule has 1 fully saturated rings. The molecule has 0 saturated carbocycles. The number of anilines is 2. The number of hydrogen-bond donors (Lipinski definition) is 2. The Labute approximate surface area is 173 Å². The number of carbonyl (C=O) groups is 3. The van der Waals surface area contributed by atoms with Crippen LogP contribution >= 0.6 is 0 Å². The van der Waals surface area contributed by atoms with Gasteiger partial charge < -0.3 is 5.32 Å². The zero-order chi connectivity index (χ0) is 21.3. The van der Waals surface area contributed by atoms with Crippen LogP contribution in [-0.2, 0) is 9.59 Å². The van der Waals surface area contributed by atoms with E-state index < -0.39 is 0 Å². The number of nitrogens with zero attached hydrogens (tertiary/aromatic N) is 3. The van der Waals surface area contributed by atoms with Gasteiger partial charge in [-0.1, -0.05) is 6.07 Å². The molecule has 3 aromatic rings. The van der Waals surface area contributed by atoms with Gasteiger partial charge in [-0.3, -0.25) is 19.8 Å². The van der Waals surface area contributed by atoms with Crippen molar-refractivity contribution in [3.05, 3.63) is 71.5 Å². The van der Waals surface area contributed by atoms with E-state index in [9.17, 15) is 14.4 Å². The highest BCUT2D eigenvalue weighted by molar-refractivity contribution is 6.05. The van der Waals surface area contributed by atoms with Crippen molar-refractivity contribution in [2.45, 2.75) is 26.7 Å². The molecule has 3 amide bonds. The lowest BCUT2D eigenvalue weighted by atomic mass is 10.1. The second kappa shape index (κ2) is 7.82. The summed E-state index contributed by atoms with van der Waals surface area (Å²) in [5.41, 5.74) is 6.91. The van der Waals surface area contributed by atoms with Gasteiger partial charge in [0, 0.05) is 29.8 Å². The molecule has 2 aromatic carbocycles. The number of carbonyl (C=O) groups excluding carboxylic acids is 3. The third-order valence-corrected chi connectivity index (χ3v) is 4.80. The molecule has 4 rings (SSSR count). The standard InChI is InChI=1S/C22H21N5O3/c1-14-12-15(2)26(24-14)19-5-3-4-17(13-19)23-22(30)16-6-8-18(9-7-16)27-21(29)11-10-20(28)25-27/h3-9,12-13H,10-11H2,1-2H3,(H,23,30)(H,25,28). The van der Waals surface area contributed by atoms with Gasteiger partial charge in [-0.05, 0) is 62.4 Å². The molecule has 30 heavy (non-hydrogen) atoms. The Kier molecular flexibility index (Phi) is 5.05. The molecular formula is C22H21N5O3. The van der Waals surface area contributed by atoms with Crippen molar-refractivity contribution in [1.82, 2.24) is 15.2 Å². The molecule has 0 unspecified atom stereocenters. The molecule has 0 spiro atoms. The predicted molar refractivity (Wildman–Crippen MR) is 112 cm³/mol. The number of rotatable bonds is 4. The van der Waals surface area contributed by atoms with Crippen LogP contribution in [0.1, 0.15) is 34.6 Å². The minimum Gasteiger partial charge on any atom is -0.322 e. The van der Waals surface area contributed by atoms with Gasteiger partial charge >= 0.3 is 0 Å². The summed E-state index contributed by atoms with van der Waals surface area (Å²) in [4.78, 5) is 36.2. The Hall–Kier alpha value is -3.94. The van der Waals surface area contributed by atoms with E-state index >= 15 is 0 Å². The zero-order valence-corrected chi connectivity index (χ0v) is 16.7. The average Bonchev–Trinajstić information content (AvgIpc) is 3.08. The van der Waals surface area contributed by atoms with Gasteiger partial charge in [-0.15, -0.1) is 0 Å². The minimum atomic E-state index is -0.277. The normalized spacial score (nSPS) is 13.9. The lowest BCUT2D eigenvalue weighted by Crippen LogP contribution is -2.50. The van der Waals surface area contributed by atoms with Crippen LogP contribution in [0.4, 0.5) is 11.4 Å². The summed E-state index contributed by atoms with van der Waals surface area (Å²) >= 11 is 0. The number of aryl methyl sites for hydroxylation is 2. The Bertz CT molecular complexity index is 1130. The van der Waals surface area contributed by atoms with Crippen LogP contribution in [-0.4, -0.2) is 27.5 Å². The van der Waals surface area contributed by atoms with Crippen LogP contribution in [0, 0.1) is 13.8 Å². The van der Waals surface area contributed by atoms with Crippen molar-refractivity contribution in [3.63, 3.8) is 0 Å². The Morgan fingerprint density at radius 3 is 2.47 bits per heavy atom. The second-order valence-corrected chi connectivity index (χ2v) is 7.15. The highest BCUT2D eigenvalue weighted by Gasteiger charge is 2.24. The molecule has 1 saturated heterocycles. The fraction of sp³-hybridized carbons (Fsp3) is 0.182. The quantitative estimate of drug-likeness (QED) is 0.700. The van der Waals surface area contributed by atoms with E-state index in [0.29, 0.717) is 16.9 Å². The number of aromatic nitrogens is 2. The summed E-state index contributed by atoms with van der Waals surface area (Å²) in [5.74, 6) is -0.673. The molecule has 2 N–H and O–H groups in total. The average molecular weight is 403 g/mol. The molecule has 1 aliphatic heterocycles. The van der Waals surface area contributed by atoms with Gasteiger partial charge in [0.2, 0.25) is 11.8 Å². The lowest BCUT2D eigenvalue weighted by Gasteiger charge is -2.27. The number of nitrogens with one attached hydrogen (secondary N) is 2. The highest BCUT2D eigenvalue weighted by Crippen LogP contribution is 2.20. The zero-order valence-electron chi connectivity index (χ0n) is 16.7. The monoisotopic (exact) mass is 403 g/mol. The molecule has 8 nitrogen and oxygen atoms in total. The molecule has 0 atom stereocenters. The molecule has 1 aliphatic rings. The highest BCUT2D eigenvalue weighted by atomic mass is 16.2. The smallest absolute Gasteiger partial charge is 0.255 e. The fourth-order valence-corrected chi connectivity index (χ4v) is 3.35. The van der Waals surface area contributed by atoms with Gasteiger partial charge in [-0.25, -0.2) is 9.69 Å². The number of benzene rings is 2. The topological polar surface area (TPSA) is 96.3 Å². The molecule has 0 radical (unpaired) electrons. The summed E-state index contributed by atoms with van der Waals surface area (Å²) in [7, 11) is 0. The van der Waals surface area contributed by atoms with Crippen LogP contribution in [0.2, 0.25) is 0 Å². The third kappa shape index (κ3) is 3.93. The maximum Gasteiger partial charge on any atom is 0.255 e. The van der Waals surface area contributed by atoms with Crippen molar-refractivity contribution < 1.29 is 14.4 Å². The van der Waals surface area contributed by atoms with E-state index in [-0.39, 0.29) is 30.6 Å². The number of hydrazine groups is 1. The number of amides is 3. The van der Waals surface area contributed by atoms with E-state index in [1.807, 2.05) is 48.9 Å². The van der Waals surface area contributed by atoms with Crippen LogP contribution in [0.25, 0.3) is 5.69 Å². The summed E-state index contributed by atoms with van der Waals surface area (Å²) in [6.07, 6.45) is 0.353. The Balaban J connectivity index is 1.49. The van der Waals surface area contributed by atoms with E-state index in [1.54, 1.807) is 24.3 Å². The van der Waals surface area contributed by atoms with Crippen molar-refractivity contribution in [1.29, 1.82) is 0 Å². The van der Waals surface area contributed by atoms with E-state index in [1.165, 1.54) is 5.01 Å². The molecule has 8 heteroatoms. The van der Waals surface area contributed by atoms with Crippen LogP contribution in [0.5, 0.6) is 0 Å². The summed E-state index contributed by atoms with van der Waals surface area (Å²) < 4.78 is 1.82. The molecule has 0 bridgehead atoms. The van der Waals surface area contributed by atoms with Gasteiger partial charge in [0.1, 0.15) is 0 Å². The van der Waals surface area contributed by atoms with Gasteiger partial charge in [0.05, 0.1) is 17.1 Å². The molecule has 152 valence electrons. The maximum atomic E-state index is 12.7. The van der Waals surface area contributed by atoms with Crippen molar-refractivity contribution in [3.8, 4) is 5.69 Å². The third-order valence-electron chi connectivity index (χ3n) is 4.80. The molecule has 0 aliphatic carbocycles. The minimum absolute atomic E-state index is 0.166. The number of hydrogen-bond acceptors (Lipinski definition) is 4. The first kappa shape index (κ1) is 19.4. The van der Waals surface area contributed by atoms with Crippen LogP contribution in [0.15, 0.2) is 54.6 Å². The molecular weight excluding hydrogens is 382 g/mol. The first-order valence-corrected chi connectivity index (χ1v) is 9.58. The fourth-order valence-electron chi connectivity index (χ4n) is 3.35. The van der Waals surface area contributed by atoms with Crippen molar-refractivity contribution >= 4 is 29.1 Å². The van der Waals surface area contributed by atoms with Gasteiger partial charge in [0.25, 0.3) is 5.91 Å². The summed E-state index contributed by atoms with van der Waals surface area (Å²) in [6, 6.07) is 15.9. The molecule has 2 heterocycles. The maximum absolute atomic E-state index is 12.7. The summed E-state index contributed by atoms with van der Waals surface area (Å²) in [5, 5.41) is 8.56. The predicted octanol–water partition coefficient (Wildman–Crippen LogP) is 2.90. The SMILES string of the molecule is Cc1cc(C)n(-c2cccc(NC(=O)c3ccc(N4NC(=O)CCC4=O)cc3)c2)n1. The van der Waals surface area contributed by atoms with Crippen LogP contribution in [0.3, 0.4) is 0 Å². The van der Waals surface area contributed by atoms with Crippen molar-refractivity contribution in [2.75, 3.05) is 10.3 Å². The van der Waals surface area contributed by atoms with E-state index in [2.05, 4.69) is 15.8 Å². The second-order valence-electron chi connectivity index (χ2n) is 7.15. The van der Waals surface area contributed by atoms with Gasteiger partial charge in [-0.2, -0.15) is 5.10 Å². The Morgan fingerprint density at radius 2 is 1.77 bits per heavy atom. The van der Waals surface area contributed by atoms with E-state index in [4.69, 9.17) is 0 Å². The Morgan fingerprint density at radius 1 is 1.00 bits per heavy atom. The van der Waals surface area contributed by atoms with Gasteiger partial charge in [0.15, 0.2) is 0 Å². The first-order chi connectivity index (χ1) is 14.4. The largest absolute Gasteiger partial charge is 0.322 e. The lowest BCUT2D eigenvalue weighted by molar-refractivity contribution is -0.130. The first-order valence-electron chi connectivity index (χ1n) is 9.58. The van der Waals surface area contributed by atoms with Crippen molar-refractivity contribution in [2.24, 2.45) is 0 Å².